The van der Waals surface area contributed by atoms with Crippen molar-refractivity contribution in [3.05, 3.63) is 12.2 Å². The molecule has 0 aliphatic carbocycles. The molecule has 4 nitrogen and oxygen atoms in total. The minimum Gasteiger partial charge on any atom is -0.466 e. The fraction of sp³-hybridized carbons (Fsp3) is 0.862. The number of unbranched alkanes of at least 4 members (excludes halogenated alkanes) is 15. The highest BCUT2D eigenvalue weighted by Crippen LogP contribution is 2.13. The van der Waals surface area contributed by atoms with Crippen molar-refractivity contribution in [2.24, 2.45) is 0 Å². The third-order valence-electron chi connectivity index (χ3n) is 5.97. The summed E-state index contributed by atoms with van der Waals surface area (Å²) in [6.07, 6.45) is 28.0. The zero-order chi connectivity index (χ0) is 24.2. The second-order valence-electron chi connectivity index (χ2n) is 9.27. The largest absolute Gasteiger partial charge is 0.466 e. The summed E-state index contributed by atoms with van der Waals surface area (Å²) in [5.41, 5.74) is 0. The molecule has 33 heavy (non-hydrogen) atoms. The predicted octanol–water partition coefficient (Wildman–Crippen LogP) is 8.86. The van der Waals surface area contributed by atoms with E-state index in [1.165, 1.54) is 83.5 Å². The molecule has 0 saturated carbocycles. The van der Waals surface area contributed by atoms with Crippen LogP contribution in [0.4, 0.5) is 0 Å². The Balaban J connectivity index is 3.25. The van der Waals surface area contributed by atoms with Gasteiger partial charge >= 0.3 is 11.9 Å². The number of carbonyl (C=O) groups is 2. The highest BCUT2D eigenvalue weighted by atomic mass is 16.5. The van der Waals surface area contributed by atoms with Crippen molar-refractivity contribution < 1.29 is 19.1 Å². The first-order valence-corrected chi connectivity index (χ1v) is 14.2. The zero-order valence-electron chi connectivity index (χ0n) is 22.1. The van der Waals surface area contributed by atoms with E-state index in [4.69, 9.17) is 9.47 Å². The van der Waals surface area contributed by atoms with Crippen LogP contribution in [-0.4, -0.2) is 25.2 Å². The summed E-state index contributed by atoms with van der Waals surface area (Å²) in [5.74, 6) is -0.315. The van der Waals surface area contributed by atoms with Crippen LogP contribution in [0, 0.1) is 0 Å². The summed E-state index contributed by atoms with van der Waals surface area (Å²) in [5, 5.41) is 0. The molecule has 0 heterocycles. The second kappa shape index (κ2) is 26.9. The molecule has 0 radical (unpaired) electrons. The van der Waals surface area contributed by atoms with Gasteiger partial charge in [0.25, 0.3) is 0 Å². The Labute approximate surface area is 205 Å². The zero-order valence-corrected chi connectivity index (χ0v) is 22.1. The normalized spacial score (nSPS) is 11.2. The number of rotatable bonds is 25. The van der Waals surface area contributed by atoms with Gasteiger partial charge in [0.1, 0.15) is 0 Å². The lowest BCUT2D eigenvalue weighted by Crippen LogP contribution is -2.07. The van der Waals surface area contributed by atoms with Crippen LogP contribution in [0.2, 0.25) is 0 Å². The van der Waals surface area contributed by atoms with Crippen molar-refractivity contribution in [1.29, 1.82) is 0 Å². The van der Waals surface area contributed by atoms with Gasteiger partial charge in [-0.25, -0.2) is 0 Å². The van der Waals surface area contributed by atoms with E-state index in [0.29, 0.717) is 38.9 Å². The van der Waals surface area contributed by atoms with Crippen LogP contribution < -0.4 is 0 Å². The molecule has 0 aliphatic heterocycles. The van der Waals surface area contributed by atoms with Gasteiger partial charge in [-0.3, -0.25) is 9.59 Å². The average molecular weight is 467 g/mol. The number of hydrogen-bond donors (Lipinski definition) is 0. The third-order valence-corrected chi connectivity index (χ3v) is 5.97. The molecular weight excluding hydrogens is 412 g/mol. The van der Waals surface area contributed by atoms with Gasteiger partial charge < -0.3 is 9.47 Å². The first-order chi connectivity index (χ1) is 16.2. The quantitative estimate of drug-likeness (QED) is 0.0765. The van der Waals surface area contributed by atoms with E-state index in [9.17, 15) is 9.59 Å². The number of allylic oxidation sites excluding steroid dienone is 1. The average Bonchev–Trinajstić information content (AvgIpc) is 2.81. The Morgan fingerprint density at radius 1 is 0.515 bits per heavy atom. The maximum absolute atomic E-state index is 11.8. The molecule has 0 saturated heterocycles. The molecule has 0 aliphatic rings. The van der Waals surface area contributed by atoms with Crippen molar-refractivity contribution in [2.75, 3.05) is 13.2 Å². The molecule has 0 atom stereocenters. The van der Waals surface area contributed by atoms with Crippen LogP contribution >= 0.6 is 0 Å². The molecule has 0 N–H and O–H groups in total. The fourth-order valence-corrected chi connectivity index (χ4v) is 3.87. The van der Waals surface area contributed by atoms with Crippen molar-refractivity contribution in [3.63, 3.8) is 0 Å². The van der Waals surface area contributed by atoms with Crippen LogP contribution in [0.3, 0.4) is 0 Å². The summed E-state index contributed by atoms with van der Waals surface area (Å²) < 4.78 is 10.5. The topological polar surface area (TPSA) is 52.6 Å². The van der Waals surface area contributed by atoms with Crippen LogP contribution in [-0.2, 0) is 19.1 Å². The standard InChI is InChI=1S/C29H54O4/c1-3-5-7-9-10-11-12-13-14-15-16-17-18-19-23-27-33-29(31)25-21-20-24-28(30)32-26-22-8-6-4-2/h6,8H,3-5,7,9-27H2,1-2H3/b8-6-. The van der Waals surface area contributed by atoms with Crippen molar-refractivity contribution in [3.8, 4) is 0 Å². The van der Waals surface area contributed by atoms with Gasteiger partial charge in [0.05, 0.1) is 13.2 Å². The number of ether oxygens (including phenoxy) is 2. The molecular formula is C29H54O4. The van der Waals surface area contributed by atoms with E-state index < -0.39 is 0 Å². The van der Waals surface area contributed by atoms with Gasteiger partial charge in [-0.1, -0.05) is 116 Å². The van der Waals surface area contributed by atoms with E-state index in [-0.39, 0.29) is 11.9 Å². The summed E-state index contributed by atoms with van der Waals surface area (Å²) in [4.78, 5) is 23.4. The summed E-state index contributed by atoms with van der Waals surface area (Å²) in [7, 11) is 0. The smallest absolute Gasteiger partial charge is 0.305 e. The molecule has 4 heteroatoms. The summed E-state index contributed by atoms with van der Waals surface area (Å²) in [6.45, 7) is 5.32. The van der Waals surface area contributed by atoms with Gasteiger partial charge in [-0.2, -0.15) is 0 Å². The van der Waals surface area contributed by atoms with E-state index in [1.54, 1.807) is 0 Å². The Kier molecular flexibility index (Phi) is 25.9. The lowest BCUT2D eigenvalue weighted by atomic mass is 10.0. The first kappa shape index (κ1) is 31.7. The van der Waals surface area contributed by atoms with E-state index in [1.807, 2.05) is 6.08 Å². The maximum atomic E-state index is 11.8. The highest BCUT2D eigenvalue weighted by molar-refractivity contribution is 5.70. The van der Waals surface area contributed by atoms with Crippen molar-refractivity contribution >= 4 is 11.9 Å². The number of carbonyl (C=O) groups excluding carboxylic acids is 2. The van der Waals surface area contributed by atoms with E-state index in [0.717, 1.165) is 25.7 Å². The third kappa shape index (κ3) is 26.8. The maximum Gasteiger partial charge on any atom is 0.305 e. The Morgan fingerprint density at radius 2 is 0.939 bits per heavy atom. The monoisotopic (exact) mass is 466 g/mol. The van der Waals surface area contributed by atoms with Gasteiger partial charge in [-0.05, 0) is 32.1 Å². The molecule has 0 spiro atoms. The number of esters is 2. The molecule has 0 unspecified atom stereocenters. The Hall–Kier alpha value is -1.32. The minimum atomic E-state index is -0.175. The molecule has 0 aromatic heterocycles. The van der Waals surface area contributed by atoms with Crippen LogP contribution in [0.5, 0.6) is 0 Å². The minimum absolute atomic E-state index is 0.140. The Morgan fingerprint density at radius 3 is 1.39 bits per heavy atom. The molecule has 0 amide bonds. The van der Waals surface area contributed by atoms with Gasteiger partial charge in [0, 0.05) is 12.8 Å². The van der Waals surface area contributed by atoms with Crippen molar-refractivity contribution in [1.82, 2.24) is 0 Å². The number of hydrogen-bond acceptors (Lipinski definition) is 4. The molecule has 194 valence electrons. The first-order valence-electron chi connectivity index (χ1n) is 14.2. The molecule has 0 aromatic carbocycles. The predicted molar refractivity (Wildman–Crippen MR) is 139 cm³/mol. The lowest BCUT2D eigenvalue weighted by molar-refractivity contribution is -0.145. The molecule has 0 rings (SSSR count). The van der Waals surface area contributed by atoms with Crippen LogP contribution in [0.25, 0.3) is 0 Å². The molecule has 0 fully saturated rings. The second-order valence-corrected chi connectivity index (χ2v) is 9.27. The summed E-state index contributed by atoms with van der Waals surface area (Å²) >= 11 is 0. The van der Waals surface area contributed by atoms with Gasteiger partial charge in [0.15, 0.2) is 0 Å². The van der Waals surface area contributed by atoms with E-state index >= 15 is 0 Å². The van der Waals surface area contributed by atoms with Gasteiger partial charge in [0.2, 0.25) is 0 Å². The van der Waals surface area contributed by atoms with E-state index in [2.05, 4.69) is 19.9 Å². The Bertz CT molecular complexity index is 459. The van der Waals surface area contributed by atoms with Crippen LogP contribution in [0.15, 0.2) is 12.2 Å². The summed E-state index contributed by atoms with van der Waals surface area (Å²) in [6, 6.07) is 0. The van der Waals surface area contributed by atoms with Crippen molar-refractivity contribution in [2.45, 2.75) is 149 Å². The molecule has 0 aromatic rings. The SMILES string of the molecule is CC/C=C\CCOC(=O)CCCCC(=O)OCCCCCCCCCCCCCCCCC. The lowest BCUT2D eigenvalue weighted by Gasteiger charge is -2.06. The highest BCUT2D eigenvalue weighted by Gasteiger charge is 2.06. The van der Waals surface area contributed by atoms with Gasteiger partial charge in [-0.15, -0.1) is 0 Å². The van der Waals surface area contributed by atoms with Crippen LogP contribution in [0.1, 0.15) is 149 Å². The fourth-order valence-electron chi connectivity index (χ4n) is 3.87. The molecule has 0 bridgehead atoms.